The Morgan fingerprint density at radius 3 is 2.60 bits per heavy atom. The summed E-state index contributed by atoms with van der Waals surface area (Å²) in [7, 11) is 0. The minimum absolute atomic E-state index is 0.0869. The third kappa shape index (κ3) is 3.00. The molecule has 1 saturated heterocycles. The van der Waals surface area contributed by atoms with Gasteiger partial charge in [0.1, 0.15) is 0 Å². The van der Waals surface area contributed by atoms with E-state index in [0.717, 1.165) is 53.7 Å². The SMILES string of the molecule is Cc1ccc2nc(-c3ccccc3Cl)cc(C(=O)N3CCCC3)c2c1. The van der Waals surface area contributed by atoms with Gasteiger partial charge in [-0.15, -0.1) is 0 Å². The molecule has 4 heteroatoms. The molecular weight excluding hydrogens is 332 g/mol. The van der Waals surface area contributed by atoms with Gasteiger partial charge in [0, 0.05) is 29.1 Å². The van der Waals surface area contributed by atoms with Crippen molar-refractivity contribution < 1.29 is 4.79 Å². The largest absolute Gasteiger partial charge is 0.339 e. The first-order valence-corrected chi connectivity index (χ1v) is 8.97. The van der Waals surface area contributed by atoms with Crippen molar-refractivity contribution in [3.8, 4) is 11.3 Å². The van der Waals surface area contributed by atoms with Gasteiger partial charge in [0.15, 0.2) is 0 Å². The van der Waals surface area contributed by atoms with Gasteiger partial charge in [0.25, 0.3) is 5.91 Å². The second-order valence-electron chi connectivity index (χ2n) is 6.55. The maximum atomic E-state index is 13.1. The van der Waals surface area contributed by atoms with Gasteiger partial charge in [-0.1, -0.05) is 41.4 Å². The number of likely N-dealkylation sites (tertiary alicyclic amines) is 1. The van der Waals surface area contributed by atoms with Crippen LogP contribution in [-0.4, -0.2) is 28.9 Å². The number of hydrogen-bond donors (Lipinski definition) is 0. The van der Waals surface area contributed by atoms with E-state index >= 15 is 0 Å². The third-order valence-corrected chi connectivity index (χ3v) is 5.07. The van der Waals surface area contributed by atoms with Crippen LogP contribution in [0.2, 0.25) is 5.02 Å². The first-order chi connectivity index (χ1) is 12.1. The van der Waals surface area contributed by atoms with E-state index in [2.05, 4.69) is 0 Å². The van der Waals surface area contributed by atoms with Crippen LogP contribution in [0.15, 0.2) is 48.5 Å². The fraction of sp³-hybridized carbons (Fsp3) is 0.238. The Morgan fingerprint density at radius 2 is 1.84 bits per heavy atom. The number of carbonyl (C=O) groups is 1. The van der Waals surface area contributed by atoms with E-state index in [9.17, 15) is 4.79 Å². The molecule has 2 aromatic carbocycles. The lowest BCUT2D eigenvalue weighted by Crippen LogP contribution is -2.27. The first kappa shape index (κ1) is 16.1. The molecule has 0 bridgehead atoms. The van der Waals surface area contributed by atoms with Gasteiger partial charge in [0.05, 0.1) is 16.8 Å². The number of aromatic nitrogens is 1. The summed E-state index contributed by atoms with van der Waals surface area (Å²) in [6.07, 6.45) is 2.15. The minimum atomic E-state index is 0.0869. The monoisotopic (exact) mass is 350 g/mol. The van der Waals surface area contributed by atoms with Crippen molar-refractivity contribution in [2.45, 2.75) is 19.8 Å². The summed E-state index contributed by atoms with van der Waals surface area (Å²) in [6, 6.07) is 15.6. The Morgan fingerprint density at radius 1 is 1.08 bits per heavy atom. The van der Waals surface area contributed by atoms with E-state index in [1.54, 1.807) is 0 Å². The smallest absolute Gasteiger partial charge is 0.254 e. The fourth-order valence-electron chi connectivity index (χ4n) is 3.41. The zero-order chi connectivity index (χ0) is 17.4. The highest BCUT2D eigenvalue weighted by Crippen LogP contribution is 2.31. The van der Waals surface area contributed by atoms with Crippen molar-refractivity contribution in [2.24, 2.45) is 0 Å². The van der Waals surface area contributed by atoms with Crippen LogP contribution in [0.3, 0.4) is 0 Å². The van der Waals surface area contributed by atoms with Crippen molar-refractivity contribution in [1.29, 1.82) is 0 Å². The molecule has 126 valence electrons. The molecule has 25 heavy (non-hydrogen) atoms. The zero-order valence-electron chi connectivity index (χ0n) is 14.1. The Hall–Kier alpha value is -2.39. The van der Waals surface area contributed by atoms with E-state index in [1.807, 2.05) is 60.4 Å². The van der Waals surface area contributed by atoms with Crippen molar-refractivity contribution >= 4 is 28.4 Å². The Balaban J connectivity index is 1.93. The average molecular weight is 351 g/mol. The fourth-order valence-corrected chi connectivity index (χ4v) is 3.65. The van der Waals surface area contributed by atoms with Crippen molar-refractivity contribution in [3.05, 3.63) is 64.7 Å². The summed E-state index contributed by atoms with van der Waals surface area (Å²) in [5.74, 6) is 0.0869. The molecule has 4 rings (SSSR count). The van der Waals surface area contributed by atoms with Crippen LogP contribution in [-0.2, 0) is 0 Å². The maximum absolute atomic E-state index is 13.1. The van der Waals surface area contributed by atoms with E-state index < -0.39 is 0 Å². The van der Waals surface area contributed by atoms with Crippen LogP contribution < -0.4 is 0 Å². The number of amides is 1. The van der Waals surface area contributed by atoms with Crippen molar-refractivity contribution in [2.75, 3.05) is 13.1 Å². The summed E-state index contributed by atoms with van der Waals surface area (Å²) in [6.45, 7) is 3.69. The Bertz CT molecular complexity index is 961. The van der Waals surface area contributed by atoms with Crippen LogP contribution in [0.5, 0.6) is 0 Å². The third-order valence-electron chi connectivity index (χ3n) is 4.74. The number of hydrogen-bond acceptors (Lipinski definition) is 2. The lowest BCUT2D eigenvalue weighted by Gasteiger charge is -2.18. The van der Waals surface area contributed by atoms with Gasteiger partial charge in [-0.25, -0.2) is 4.98 Å². The maximum Gasteiger partial charge on any atom is 0.254 e. The highest BCUT2D eigenvalue weighted by Gasteiger charge is 2.23. The van der Waals surface area contributed by atoms with Crippen LogP contribution >= 0.6 is 11.6 Å². The van der Waals surface area contributed by atoms with E-state index in [-0.39, 0.29) is 5.91 Å². The van der Waals surface area contributed by atoms with Crippen LogP contribution in [0.25, 0.3) is 22.2 Å². The molecule has 0 spiro atoms. The lowest BCUT2D eigenvalue weighted by atomic mass is 10.0. The topological polar surface area (TPSA) is 33.2 Å². The number of benzene rings is 2. The number of carbonyl (C=O) groups excluding carboxylic acids is 1. The standard InChI is InChI=1S/C21H19ClN2O/c1-14-8-9-19-16(12-14)17(21(25)24-10-4-5-11-24)13-20(23-19)15-6-2-3-7-18(15)22/h2-3,6-9,12-13H,4-5,10-11H2,1H3. The summed E-state index contributed by atoms with van der Waals surface area (Å²) in [5, 5.41) is 1.55. The molecule has 0 aliphatic carbocycles. The van der Waals surface area contributed by atoms with Gasteiger partial charge in [-0.05, 0) is 44.0 Å². The molecule has 1 aliphatic heterocycles. The number of rotatable bonds is 2. The van der Waals surface area contributed by atoms with E-state index in [1.165, 1.54) is 0 Å². The molecular formula is C21H19ClN2O. The molecule has 1 amide bonds. The van der Waals surface area contributed by atoms with Crippen molar-refractivity contribution in [3.63, 3.8) is 0 Å². The number of pyridine rings is 1. The highest BCUT2D eigenvalue weighted by molar-refractivity contribution is 6.33. The van der Waals surface area contributed by atoms with Gasteiger partial charge in [-0.2, -0.15) is 0 Å². The summed E-state index contributed by atoms with van der Waals surface area (Å²) in [4.78, 5) is 19.8. The molecule has 0 atom stereocenters. The van der Waals surface area contributed by atoms with Crippen molar-refractivity contribution in [1.82, 2.24) is 9.88 Å². The summed E-state index contributed by atoms with van der Waals surface area (Å²) in [5.41, 5.74) is 4.25. The first-order valence-electron chi connectivity index (χ1n) is 8.59. The second-order valence-corrected chi connectivity index (χ2v) is 6.96. The number of nitrogens with zero attached hydrogens (tertiary/aromatic N) is 2. The van der Waals surface area contributed by atoms with Gasteiger partial charge < -0.3 is 4.90 Å². The van der Waals surface area contributed by atoms with Gasteiger partial charge in [0.2, 0.25) is 0 Å². The predicted octanol–water partition coefficient (Wildman–Crippen LogP) is 5.10. The van der Waals surface area contributed by atoms with Crippen LogP contribution in [0, 0.1) is 6.92 Å². The molecule has 3 aromatic rings. The number of fused-ring (bicyclic) bond motifs is 1. The minimum Gasteiger partial charge on any atom is -0.339 e. The van der Waals surface area contributed by atoms with E-state index in [4.69, 9.17) is 16.6 Å². The average Bonchev–Trinajstić information content (AvgIpc) is 3.15. The van der Waals surface area contributed by atoms with Crippen LogP contribution in [0.1, 0.15) is 28.8 Å². The van der Waals surface area contributed by atoms with E-state index in [0.29, 0.717) is 10.6 Å². The molecule has 1 fully saturated rings. The number of halogens is 1. The lowest BCUT2D eigenvalue weighted by molar-refractivity contribution is 0.0794. The normalized spacial score (nSPS) is 14.2. The quantitative estimate of drug-likeness (QED) is 0.644. The second kappa shape index (κ2) is 6.49. The van der Waals surface area contributed by atoms with Crippen LogP contribution in [0.4, 0.5) is 0 Å². The molecule has 3 nitrogen and oxygen atoms in total. The molecule has 0 saturated carbocycles. The summed E-state index contributed by atoms with van der Waals surface area (Å²) >= 11 is 6.36. The zero-order valence-corrected chi connectivity index (χ0v) is 14.9. The Kier molecular flexibility index (Phi) is 4.18. The molecule has 1 aromatic heterocycles. The molecule has 0 N–H and O–H groups in total. The van der Waals surface area contributed by atoms with Gasteiger partial charge in [-0.3, -0.25) is 4.79 Å². The number of aryl methyl sites for hydroxylation is 1. The van der Waals surface area contributed by atoms with Gasteiger partial charge >= 0.3 is 0 Å². The molecule has 0 radical (unpaired) electrons. The predicted molar refractivity (Wildman–Crippen MR) is 102 cm³/mol. The molecule has 1 aliphatic rings. The summed E-state index contributed by atoms with van der Waals surface area (Å²) < 4.78 is 0. The Labute approximate surface area is 152 Å². The molecule has 0 unspecified atom stereocenters. The molecule has 2 heterocycles. The highest BCUT2D eigenvalue weighted by atomic mass is 35.5.